The molecule has 33 heavy (non-hydrogen) atoms. The highest BCUT2D eigenvalue weighted by Gasteiger charge is 2.37. The molecule has 1 aliphatic heterocycles. The van der Waals surface area contributed by atoms with E-state index in [1.807, 2.05) is 0 Å². The first-order chi connectivity index (χ1) is 15.9. The van der Waals surface area contributed by atoms with Gasteiger partial charge in [0.1, 0.15) is 17.3 Å². The quantitative estimate of drug-likeness (QED) is 0.574. The van der Waals surface area contributed by atoms with Crippen molar-refractivity contribution in [2.75, 3.05) is 24.5 Å². The highest BCUT2D eigenvalue weighted by molar-refractivity contribution is 7.92. The van der Waals surface area contributed by atoms with Gasteiger partial charge in [0.15, 0.2) is 6.10 Å². The van der Waals surface area contributed by atoms with Crippen LogP contribution < -0.4 is 19.1 Å². The predicted molar refractivity (Wildman–Crippen MR) is 121 cm³/mol. The van der Waals surface area contributed by atoms with E-state index in [2.05, 4.69) is 5.32 Å². The van der Waals surface area contributed by atoms with Crippen molar-refractivity contribution >= 4 is 21.6 Å². The van der Waals surface area contributed by atoms with Gasteiger partial charge >= 0.3 is 0 Å². The molecule has 0 aliphatic carbocycles. The van der Waals surface area contributed by atoms with Crippen LogP contribution in [-0.4, -0.2) is 40.6 Å². The third kappa shape index (κ3) is 4.93. The van der Waals surface area contributed by atoms with Gasteiger partial charge in [0.05, 0.1) is 24.2 Å². The minimum absolute atomic E-state index is 0.0791. The second-order valence-electron chi connectivity index (χ2n) is 7.45. The number of anilines is 1. The van der Waals surface area contributed by atoms with Gasteiger partial charge < -0.3 is 14.8 Å². The average Bonchev–Trinajstić information content (AvgIpc) is 2.84. The van der Waals surface area contributed by atoms with Gasteiger partial charge in [0.25, 0.3) is 15.9 Å². The van der Waals surface area contributed by atoms with E-state index < -0.39 is 22.0 Å². The summed E-state index contributed by atoms with van der Waals surface area (Å²) < 4.78 is 52.0. The molecule has 3 aromatic rings. The summed E-state index contributed by atoms with van der Waals surface area (Å²) in [5.41, 5.74) is 1.24. The van der Waals surface area contributed by atoms with Gasteiger partial charge in [-0.1, -0.05) is 24.3 Å². The van der Waals surface area contributed by atoms with Crippen LogP contribution in [0.4, 0.5) is 10.1 Å². The molecule has 7 nitrogen and oxygen atoms in total. The third-order valence-corrected chi connectivity index (χ3v) is 7.09. The van der Waals surface area contributed by atoms with Crippen molar-refractivity contribution in [3.63, 3.8) is 0 Å². The zero-order valence-electron chi connectivity index (χ0n) is 17.9. The van der Waals surface area contributed by atoms with E-state index in [0.717, 1.165) is 5.56 Å². The van der Waals surface area contributed by atoms with Gasteiger partial charge in [-0.25, -0.2) is 12.8 Å². The van der Waals surface area contributed by atoms with Gasteiger partial charge in [-0.15, -0.1) is 0 Å². The molecule has 0 saturated heterocycles. The molecule has 9 heteroatoms. The topological polar surface area (TPSA) is 84.9 Å². The maximum absolute atomic E-state index is 13.4. The minimum atomic E-state index is -3.95. The Morgan fingerprint density at radius 2 is 1.79 bits per heavy atom. The van der Waals surface area contributed by atoms with Crippen LogP contribution in [0.15, 0.2) is 77.7 Å². The van der Waals surface area contributed by atoms with E-state index in [0.29, 0.717) is 30.2 Å². The van der Waals surface area contributed by atoms with Crippen LogP contribution >= 0.6 is 0 Å². The summed E-state index contributed by atoms with van der Waals surface area (Å²) in [6.07, 6.45) is -0.524. The first-order valence-corrected chi connectivity index (χ1v) is 11.8. The fourth-order valence-electron chi connectivity index (χ4n) is 3.54. The predicted octanol–water partition coefficient (Wildman–Crippen LogP) is 3.15. The van der Waals surface area contributed by atoms with E-state index in [-0.39, 0.29) is 17.3 Å². The molecule has 1 N–H and O–H groups in total. The molecule has 0 radical (unpaired) electrons. The van der Waals surface area contributed by atoms with Crippen LogP contribution in [0.1, 0.15) is 5.56 Å². The number of ether oxygens (including phenoxy) is 2. The Morgan fingerprint density at radius 1 is 1.09 bits per heavy atom. The third-order valence-electron chi connectivity index (χ3n) is 5.30. The van der Waals surface area contributed by atoms with Crippen molar-refractivity contribution in [1.29, 1.82) is 0 Å². The summed E-state index contributed by atoms with van der Waals surface area (Å²) in [6, 6.07) is 18.8. The molecular weight excluding hydrogens is 447 g/mol. The number of fused-ring (bicyclic) bond motifs is 1. The zero-order valence-corrected chi connectivity index (χ0v) is 18.7. The molecule has 172 valence electrons. The highest BCUT2D eigenvalue weighted by atomic mass is 32.2. The van der Waals surface area contributed by atoms with Crippen molar-refractivity contribution in [2.45, 2.75) is 17.4 Å². The Bertz CT molecular complexity index is 1230. The lowest BCUT2D eigenvalue weighted by molar-refractivity contribution is -0.127. The van der Waals surface area contributed by atoms with Gasteiger partial charge in [-0.05, 0) is 60.5 Å². The molecule has 0 unspecified atom stereocenters. The maximum Gasteiger partial charge on any atom is 0.264 e. The van der Waals surface area contributed by atoms with Gasteiger partial charge in [0, 0.05) is 6.54 Å². The second-order valence-corrected chi connectivity index (χ2v) is 9.32. The minimum Gasteiger partial charge on any atom is -0.497 e. The standard InChI is InChI=1S/C24H23FN2O5S/c1-31-19-10-12-20(13-11-19)33(29,30)27-16-23(32-22-5-3-2-4-21(22)27)24(28)26-15-14-17-6-8-18(25)9-7-17/h2-13,23H,14-16H2,1H3,(H,26,28)/t23-/m0/s1. The number of methoxy groups -OCH3 is 1. The summed E-state index contributed by atoms with van der Waals surface area (Å²) in [7, 11) is -2.45. The smallest absolute Gasteiger partial charge is 0.264 e. The van der Waals surface area contributed by atoms with E-state index >= 15 is 0 Å². The summed E-state index contributed by atoms with van der Waals surface area (Å²) in [4.78, 5) is 12.9. The number of halogens is 1. The molecule has 1 amide bonds. The molecule has 1 heterocycles. The van der Waals surface area contributed by atoms with Crippen molar-refractivity contribution < 1.29 is 27.1 Å². The number of benzene rings is 3. The van der Waals surface area contributed by atoms with Crippen molar-refractivity contribution in [3.05, 3.63) is 84.2 Å². The molecule has 1 aliphatic rings. The fourth-order valence-corrected chi connectivity index (χ4v) is 5.01. The Morgan fingerprint density at radius 3 is 2.48 bits per heavy atom. The zero-order chi connectivity index (χ0) is 23.4. The number of carbonyl (C=O) groups excluding carboxylic acids is 1. The number of hydrogen-bond donors (Lipinski definition) is 1. The summed E-state index contributed by atoms with van der Waals surface area (Å²) in [6.45, 7) is 0.130. The van der Waals surface area contributed by atoms with Crippen LogP contribution in [0, 0.1) is 5.82 Å². The number of carbonyl (C=O) groups is 1. The van der Waals surface area contributed by atoms with Crippen molar-refractivity contribution in [3.8, 4) is 11.5 Å². The molecule has 0 saturated carbocycles. The van der Waals surface area contributed by atoms with E-state index in [4.69, 9.17) is 9.47 Å². The van der Waals surface area contributed by atoms with Crippen LogP contribution in [0.3, 0.4) is 0 Å². The van der Waals surface area contributed by atoms with Gasteiger partial charge in [0.2, 0.25) is 0 Å². The Kier molecular flexibility index (Phi) is 6.50. The Balaban J connectivity index is 1.52. The van der Waals surface area contributed by atoms with E-state index in [9.17, 15) is 17.6 Å². The maximum atomic E-state index is 13.4. The SMILES string of the molecule is COc1ccc(S(=O)(=O)N2C[C@@H](C(=O)NCCc3ccc(F)cc3)Oc3ccccc32)cc1. The van der Waals surface area contributed by atoms with Crippen molar-refractivity contribution in [2.24, 2.45) is 0 Å². The number of nitrogens with zero attached hydrogens (tertiary/aromatic N) is 1. The normalized spacial score (nSPS) is 15.3. The Labute approximate surface area is 191 Å². The van der Waals surface area contributed by atoms with Crippen molar-refractivity contribution in [1.82, 2.24) is 5.32 Å². The first kappa shape index (κ1) is 22.6. The lowest BCUT2D eigenvalue weighted by Gasteiger charge is -2.34. The number of amides is 1. The van der Waals surface area contributed by atoms with Crippen LogP contribution in [0.5, 0.6) is 11.5 Å². The van der Waals surface area contributed by atoms with Gasteiger partial charge in [-0.2, -0.15) is 0 Å². The number of sulfonamides is 1. The molecular formula is C24H23FN2O5S. The molecule has 0 aromatic heterocycles. The van der Waals surface area contributed by atoms with Crippen LogP contribution in [-0.2, 0) is 21.2 Å². The second kappa shape index (κ2) is 9.50. The van der Waals surface area contributed by atoms with Crippen LogP contribution in [0.2, 0.25) is 0 Å². The summed E-state index contributed by atoms with van der Waals surface area (Å²) >= 11 is 0. The first-order valence-electron chi connectivity index (χ1n) is 10.3. The number of para-hydroxylation sites is 2. The molecule has 0 fully saturated rings. The van der Waals surface area contributed by atoms with Crippen LogP contribution in [0.25, 0.3) is 0 Å². The number of rotatable bonds is 7. The average molecular weight is 471 g/mol. The van der Waals surface area contributed by atoms with E-state index in [1.165, 1.54) is 35.7 Å². The molecule has 0 bridgehead atoms. The van der Waals surface area contributed by atoms with Gasteiger partial charge in [-0.3, -0.25) is 9.10 Å². The molecule has 1 atom stereocenters. The lowest BCUT2D eigenvalue weighted by Crippen LogP contribution is -2.51. The molecule has 3 aromatic carbocycles. The number of hydrogen-bond acceptors (Lipinski definition) is 5. The monoisotopic (exact) mass is 470 g/mol. The highest BCUT2D eigenvalue weighted by Crippen LogP contribution is 2.37. The summed E-state index contributed by atoms with van der Waals surface area (Å²) in [5.74, 6) is 0.0889. The lowest BCUT2D eigenvalue weighted by atomic mass is 10.1. The largest absolute Gasteiger partial charge is 0.497 e. The summed E-state index contributed by atoms with van der Waals surface area (Å²) in [5, 5.41) is 2.78. The molecule has 0 spiro atoms. The number of nitrogens with one attached hydrogen (secondary N) is 1. The fraction of sp³-hybridized carbons (Fsp3) is 0.208. The Hall–Kier alpha value is -3.59. The molecule has 4 rings (SSSR count). The van der Waals surface area contributed by atoms with E-state index in [1.54, 1.807) is 48.5 Å².